The van der Waals surface area contributed by atoms with Gasteiger partial charge in [-0.05, 0) is 5.54 Å². The predicted octanol–water partition coefficient (Wildman–Crippen LogP) is 3.99. The molecule has 82 valence electrons. The molecule has 1 aromatic rings. The van der Waals surface area contributed by atoms with Gasteiger partial charge in [-0.25, -0.2) is 0 Å². The topological polar surface area (TPSA) is 17.1 Å². The average Bonchev–Trinajstić information content (AvgIpc) is 2.17. The van der Waals surface area contributed by atoms with Crippen molar-refractivity contribution in [3.8, 4) is 0 Å². The monoisotopic (exact) mass is 220 g/mol. The Morgan fingerprint density at radius 3 is 2.20 bits per heavy atom. The van der Waals surface area contributed by atoms with Crippen molar-refractivity contribution in [2.45, 2.75) is 38.5 Å². The largest absolute Gasteiger partial charge is 0.294 e. The molecule has 0 unspecified atom stereocenters. The Morgan fingerprint density at radius 1 is 1.20 bits per heavy atom. The molecule has 0 aliphatic carbocycles. The second kappa shape index (κ2) is 4.75. The van der Waals surface area contributed by atoms with E-state index in [1.807, 2.05) is 30.3 Å². The number of ketones is 1. The number of benzene rings is 1. The molecule has 1 rings (SSSR count). The third kappa shape index (κ3) is 3.63. The first-order chi connectivity index (χ1) is 6.91. The molecule has 0 heterocycles. The van der Waals surface area contributed by atoms with Crippen molar-refractivity contribution < 1.29 is 4.79 Å². The highest BCUT2D eigenvalue weighted by Crippen LogP contribution is 2.26. The van der Waals surface area contributed by atoms with E-state index in [-0.39, 0.29) is 5.78 Å². The van der Waals surface area contributed by atoms with Gasteiger partial charge in [0.15, 0.2) is 5.78 Å². The van der Waals surface area contributed by atoms with E-state index in [0.29, 0.717) is 12.0 Å². The highest BCUT2D eigenvalue weighted by molar-refractivity contribution is 6.77. The highest BCUT2D eigenvalue weighted by Gasteiger charge is 2.24. The lowest BCUT2D eigenvalue weighted by atomic mass is 10.1. The molecule has 0 fully saturated rings. The van der Waals surface area contributed by atoms with Crippen LogP contribution in [-0.2, 0) is 0 Å². The van der Waals surface area contributed by atoms with Gasteiger partial charge in [0.1, 0.15) is 0 Å². The maximum atomic E-state index is 11.9. The Balaban J connectivity index is 2.65. The van der Waals surface area contributed by atoms with E-state index < -0.39 is 8.07 Å². The number of carbonyl (C=O) groups excluding carboxylic acids is 1. The maximum absolute atomic E-state index is 11.9. The molecule has 0 amide bonds. The van der Waals surface area contributed by atoms with Crippen molar-refractivity contribution in [2.75, 3.05) is 0 Å². The van der Waals surface area contributed by atoms with Crippen LogP contribution < -0.4 is 0 Å². The molecule has 2 heteroatoms. The third-order valence-electron chi connectivity index (χ3n) is 3.07. The van der Waals surface area contributed by atoms with E-state index in [0.717, 1.165) is 5.56 Å². The first-order valence-corrected chi connectivity index (χ1v) is 9.07. The maximum Gasteiger partial charge on any atom is 0.162 e. The molecule has 1 aromatic carbocycles. The minimum absolute atomic E-state index is 0.283. The van der Waals surface area contributed by atoms with Gasteiger partial charge in [0.25, 0.3) is 0 Å². The molecule has 0 N–H and O–H groups in total. The standard InChI is InChI=1S/C13H20OSi/c1-11(15(2,3)4)10-13(14)12-8-6-5-7-9-12/h5-9,11H,10H2,1-4H3/t11-/m0/s1. The van der Waals surface area contributed by atoms with Crippen molar-refractivity contribution in [1.29, 1.82) is 0 Å². The van der Waals surface area contributed by atoms with Crippen LogP contribution >= 0.6 is 0 Å². The Hall–Kier alpha value is -0.893. The van der Waals surface area contributed by atoms with Gasteiger partial charge in [0, 0.05) is 20.1 Å². The molecule has 0 saturated carbocycles. The quantitative estimate of drug-likeness (QED) is 0.554. The zero-order chi connectivity index (χ0) is 11.5. The molecule has 0 saturated heterocycles. The number of rotatable bonds is 4. The van der Waals surface area contributed by atoms with Crippen LogP contribution in [0.15, 0.2) is 30.3 Å². The van der Waals surface area contributed by atoms with Crippen LogP contribution in [0, 0.1) is 0 Å². The van der Waals surface area contributed by atoms with Crippen molar-refractivity contribution in [1.82, 2.24) is 0 Å². The van der Waals surface area contributed by atoms with E-state index >= 15 is 0 Å². The number of hydrogen-bond acceptors (Lipinski definition) is 1. The van der Waals surface area contributed by atoms with Crippen molar-refractivity contribution >= 4 is 13.9 Å². The zero-order valence-electron chi connectivity index (χ0n) is 10.1. The van der Waals surface area contributed by atoms with Crippen molar-refractivity contribution in [3.63, 3.8) is 0 Å². The van der Waals surface area contributed by atoms with Crippen LogP contribution in [0.3, 0.4) is 0 Å². The summed E-state index contributed by atoms with van der Waals surface area (Å²) in [5.74, 6) is 0.283. The van der Waals surface area contributed by atoms with Crippen LogP contribution in [0.4, 0.5) is 0 Å². The summed E-state index contributed by atoms with van der Waals surface area (Å²) >= 11 is 0. The fourth-order valence-electron chi connectivity index (χ4n) is 1.33. The van der Waals surface area contributed by atoms with Crippen molar-refractivity contribution in [3.05, 3.63) is 35.9 Å². The molecule has 1 nitrogen and oxygen atoms in total. The lowest BCUT2D eigenvalue weighted by Gasteiger charge is -2.24. The van der Waals surface area contributed by atoms with Crippen molar-refractivity contribution in [2.24, 2.45) is 0 Å². The summed E-state index contributed by atoms with van der Waals surface area (Å²) in [6, 6.07) is 9.59. The summed E-state index contributed by atoms with van der Waals surface area (Å²) in [4.78, 5) is 11.9. The molecule has 15 heavy (non-hydrogen) atoms. The van der Waals surface area contributed by atoms with Crippen LogP contribution in [0.2, 0.25) is 25.2 Å². The summed E-state index contributed by atoms with van der Waals surface area (Å²) in [5, 5.41) is 0. The molecule has 0 aromatic heterocycles. The summed E-state index contributed by atoms with van der Waals surface area (Å²) in [5.41, 5.74) is 1.40. The molecule has 0 aliphatic heterocycles. The molecule has 1 atom stereocenters. The summed E-state index contributed by atoms with van der Waals surface area (Å²) in [6.07, 6.45) is 0.694. The fourth-order valence-corrected chi connectivity index (χ4v) is 2.12. The molecule has 0 bridgehead atoms. The zero-order valence-corrected chi connectivity index (χ0v) is 11.1. The van der Waals surface area contributed by atoms with E-state index in [1.165, 1.54) is 0 Å². The third-order valence-corrected chi connectivity index (χ3v) is 6.23. The predicted molar refractivity (Wildman–Crippen MR) is 68.2 cm³/mol. The van der Waals surface area contributed by atoms with Gasteiger partial charge >= 0.3 is 0 Å². The average molecular weight is 220 g/mol. The van der Waals surface area contributed by atoms with Crippen LogP contribution in [-0.4, -0.2) is 13.9 Å². The van der Waals surface area contributed by atoms with Gasteiger partial charge in [-0.3, -0.25) is 4.79 Å². The molecular weight excluding hydrogens is 200 g/mol. The van der Waals surface area contributed by atoms with E-state index in [9.17, 15) is 4.79 Å². The van der Waals surface area contributed by atoms with Gasteiger partial charge in [0.2, 0.25) is 0 Å². The SMILES string of the molecule is C[C@@H](CC(=O)c1ccccc1)[Si](C)(C)C. The second-order valence-corrected chi connectivity index (χ2v) is 11.0. The molecule has 0 aliphatic rings. The summed E-state index contributed by atoms with van der Waals surface area (Å²) in [6.45, 7) is 9.15. The molecule has 0 spiro atoms. The first kappa shape index (κ1) is 12.2. The normalized spacial score (nSPS) is 13.6. The minimum Gasteiger partial charge on any atom is -0.294 e. The molecule has 0 radical (unpaired) electrons. The van der Waals surface area contributed by atoms with Gasteiger partial charge in [-0.1, -0.05) is 56.9 Å². The van der Waals surface area contributed by atoms with Gasteiger partial charge in [-0.15, -0.1) is 0 Å². The number of hydrogen-bond donors (Lipinski definition) is 0. The summed E-state index contributed by atoms with van der Waals surface area (Å²) < 4.78 is 0. The second-order valence-electron chi connectivity index (χ2n) is 5.26. The van der Waals surface area contributed by atoms with Crippen LogP contribution in [0.5, 0.6) is 0 Å². The Bertz CT molecular complexity index is 324. The first-order valence-electron chi connectivity index (χ1n) is 5.49. The van der Waals surface area contributed by atoms with Crippen LogP contribution in [0.25, 0.3) is 0 Å². The molecular formula is C13H20OSi. The Morgan fingerprint density at radius 2 is 1.73 bits per heavy atom. The smallest absolute Gasteiger partial charge is 0.162 e. The number of carbonyl (C=O) groups is 1. The Labute approximate surface area is 93.5 Å². The number of Topliss-reactive ketones (excluding diaryl/α,β-unsaturated/α-hetero) is 1. The minimum atomic E-state index is -1.18. The van der Waals surface area contributed by atoms with Crippen LogP contribution in [0.1, 0.15) is 23.7 Å². The van der Waals surface area contributed by atoms with E-state index in [1.54, 1.807) is 0 Å². The van der Waals surface area contributed by atoms with Gasteiger partial charge in [0.05, 0.1) is 0 Å². The van der Waals surface area contributed by atoms with Gasteiger partial charge in [-0.2, -0.15) is 0 Å². The summed E-state index contributed by atoms with van der Waals surface area (Å²) in [7, 11) is -1.18. The Kier molecular flexibility index (Phi) is 3.86. The van der Waals surface area contributed by atoms with Gasteiger partial charge < -0.3 is 0 Å². The lowest BCUT2D eigenvalue weighted by Crippen LogP contribution is -2.27. The highest BCUT2D eigenvalue weighted by atomic mass is 28.3. The van der Waals surface area contributed by atoms with E-state index in [4.69, 9.17) is 0 Å². The lowest BCUT2D eigenvalue weighted by molar-refractivity contribution is 0.0981. The fraction of sp³-hybridized carbons (Fsp3) is 0.462. The van der Waals surface area contributed by atoms with E-state index in [2.05, 4.69) is 26.6 Å².